The maximum absolute atomic E-state index is 13.3. The number of amides is 1. The molecule has 5 rings (SSSR count). The second-order valence-electron chi connectivity index (χ2n) is 8.17. The monoisotopic (exact) mass is 374 g/mol. The number of hydrogen-bond acceptors (Lipinski definition) is 3. The van der Waals surface area contributed by atoms with Crippen LogP contribution in [0.3, 0.4) is 0 Å². The molecule has 144 valence electrons. The minimum absolute atomic E-state index is 0.0375. The Morgan fingerprint density at radius 1 is 1.14 bits per heavy atom. The first-order valence-electron chi connectivity index (χ1n) is 10.4. The Labute approximate surface area is 165 Å². The second-order valence-corrected chi connectivity index (χ2v) is 8.17. The summed E-state index contributed by atoms with van der Waals surface area (Å²) in [6.45, 7) is 2.90. The summed E-state index contributed by atoms with van der Waals surface area (Å²) in [6, 6.07) is 12.3. The molecule has 0 bridgehead atoms. The fraction of sp³-hybridized carbons (Fsp3) is 0.435. The van der Waals surface area contributed by atoms with Crippen molar-refractivity contribution in [2.45, 2.75) is 58.0 Å². The smallest absolute Gasteiger partial charge is 0.254 e. The molecule has 1 amide bonds. The first kappa shape index (κ1) is 17.4. The molecule has 3 aromatic rings. The summed E-state index contributed by atoms with van der Waals surface area (Å²) in [4.78, 5) is 22.9. The standard InChI is InChI=1S/C23H26N4O/c1-15-14-18(21-22(24-15)27-13-7-3-6-10-19(27)25-21)23(28)26-20(17-11-12-17)16-8-4-2-5-9-16/h2,4-5,8-9,14,17,20H,3,6-7,10-13H2,1H3,(H,26,28). The maximum Gasteiger partial charge on any atom is 0.254 e. The lowest BCUT2D eigenvalue weighted by molar-refractivity contribution is 0.0933. The Morgan fingerprint density at radius 3 is 2.75 bits per heavy atom. The van der Waals surface area contributed by atoms with Crippen molar-refractivity contribution in [3.8, 4) is 0 Å². The number of nitrogens with one attached hydrogen (secondary N) is 1. The van der Waals surface area contributed by atoms with Gasteiger partial charge in [0.05, 0.1) is 11.6 Å². The quantitative estimate of drug-likeness (QED) is 0.739. The summed E-state index contributed by atoms with van der Waals surface area (Å²) in [6.07, 6.45) is 6.83. The molecule has 28 heavy (non-hydrogen) atoms. The van der Waals surface area contributed by atoms with Gasteiger partial charge in [-0.2, -0.15) is 0 Å². The molecule has 1 N–H and O–H groups in total. The summed E-state index contributed by atoms with van der Waals surface area (Å²) >= 11 is 0. The van der Waals surface area contributed by atoms with Gasteiger partial charge in [0, 0.05) is 18.7 Å². The van der Waals surface area contributed by atoms with Gasteiger partial charge in [0.2, 0.25) is 0 Å². The predicted octanol–water partition coefficient (Wildman–Crippen LogP) is 4.35. The van der Waals surface area contributed by atoms with Gasteiger partial charge in [0.25, 0.3) is 5.91 Å². The SMILES string of the molecule is Cc1cc(C(=O)NC(c2ccccc2)C2CC2)c2nc3n(c2n1)CCCCC3. The Kier molecular flexibility index (Phi) is 4.38. The van der Waals surface area contributed by atoms with Crippen molar-refractivity contribution in [1.82, 2.24) is 19.9 Å². The molecule has 1 aliphatic heterocycles. The third-order valence-corrected chi connectivity index (χ3v) is 5.98. The van der Waals surface area contributed by atoms with Gasteiger partial charge >= 0.3 is 0 Å². The zero-order chi connectivity index (χ0) is 19.1. The van der Waals surface area contributed by atoms with E-state index in [0.717, 1.165) is 48.5 Å². The predicted molar refractivity (Wildman–Crippen MR) is 109 cm³/mol. The third kappa shape index (κ3) is 3.19. The Balaban J connectivity index is 1.52. The van der Waals surface area contributed by atoms with E-state index in [4.69, 9.17) is 9.97 Å². The molecule has 1 aliphatic carbocycles. The van der Waals surface area contributed by atoms with Crippen molar-refractivity contribution in [3.05, 3.63) is 59.0 Å². The Hall–Kier alpha value is -2.69. The Bertz CT molecular complexity index is 1020. The average Bonchev–Trinajstić information content (AvgIpc) is 3.52. The molecule has 2 aromatic heterocycles. The van der Waals surface area contributed by atoms with Crippen molar-refractivity contribution < 1.29 is 4.79 Å². The van der Waals surface area contributed by atoms with Crippen LogP contribution in [0.4, 0.5) is 0 Å². The van der Waals surface area contributed by atoms with Crippen LogP contribution in [-0.2, 0) is 13.0 Å². The highest BCUT2D eigenvalue weighted by molar-refractivity contribution is 6.04. The highest BCUT2D eigenvalue weighted by Gasteiger charge is 2.34. The number of benzene rings is 1. The van der Waals surface area contributed by atoms with Gasteiger partial charge in [0.15, 0.2) is 5.65 Å². The minimum Gasteiger partial charge on any atom is -0.345 e. The molecule has 0 radical (unpaired) electrons. The molecule has 1 saturated carbocycles. The van der Waals surface area contributed by atoms with Crippen LogP contribution in [0.2, 0.25) is 0 Å². The topological polar surface area (TPSA) is 59.8 Å². The summed E-state index contributed by atoms with van der Waals surface area (Å²) in [5.74, 6) is 1.56. The average molecular weight is 374 g/mol. The van der Waals surface area contributed by atoms with E-state index in [0.29, 0.717) is 11.5 Å². The molecular formula is C23H26N4O. The molecule has 1 aromatic carbocycles. The largest absolute Gasteiger partial charge is 0.345 e. The number of rotatable bonds is 4. The molecular weight excluding hydrogens is 348 g/mol. The number of pyridine rings is 1. The van der Waals surface area contributed by atoms with Crippen LogP contribution in [-0.4, -0.2) is 20.4 Å². The first-order valence-corrected chi connectivity index (χ1v) is 10.4. The minimum atomic E-state index is -0.0375. The van der Waals surface area contributed by atoms with Crippen LogP contribution in [0, 0.1) is 12.8 Å². The maximum atomic E-state index is 13.3. The van der Waals surface area contributed by atoms with Crippen molar-refractivity contribution in [3.63, 3.8) is 0 Å². The normalized spacial score (nSPS) is 17.8. The van der Waals surface area contributed by atoms with Gasteiger partial charge in [-0.25, -0.2) is 9.97 Å². The van der Waals surface area contributed by atoms with Gasteiger partial charge in [-0.15, -0.1) is 0 Å². The highest BCUT2D eigenvalue weighted by Crippen LogP contribution is 2.41. The number of aryl methyl sites for hydroxylation is 3. The van der Waals surface area contributed by atoms with Crippen LogP contribution in [0.15, 0.2) is 36.4 Å². The summed E-state index contributed by atoms with van der Waals surface area (Å²) in [7, 11) is 0. The van der Waals surface area contributed by atoms with Crippen LogP contribution in [0.1, 0.15) is 65.6 Å². The number of aromatic nitrogens is 3. The van der Waals surface area contributed by atoms with Gasteiger partial charge in [-0.05, 0) is 50.2 Å². The van der Waals surface area contributed by atoms with E-state index in [1.807, 2.05) is 31.2 Å². The number of imidazole rings is 1. The van der Waals surface area contributed by atoms with Gasteiger partial charge in [0.1, 0.15) is 11.3 Å². The highest BCUT2D eigenvalue weighted by atomic mass is 16.1. The number of nitrogens with zero attached hydrogens (tertiary/aromatic N) is 3. The number of fused-ring (bicyclic) bond motifs is 3. The molecule has 5 nitrogen and oxygen atoms in total. The number of hydrogen-bond donors (Lipinski definition) is 1. The molecule has 2 aliphatic rings. The number of carbonyl (C=O) groups is 1. The van der Waals surface area contributed by atoms with Crippen molar-refractivity contribution in [1.29, 1.82) is 0 Å². The molecule has 1 atom stereocenters. The van der Waals surface area contributed by atoms with Gasteiger partial charge in [-0.1, -0.05) is 36.8 Å². The third-order valence-electron chi connectivity index (χ3n) is 5.98. The van der Waals surface area contributed by atoms with E-state index in [2.05, 4.69) is 22.0 Å². The molecule has 1 unspecified atom stereocenters. The second kappa shape index (κ2) is 7.04. The molecule has 5 heteroatoms. The van der Waals surface area contributed by atoms with Crippen molar-refractivity contribution in [2.24, 2.45) is 5.92 Å². The molecule has 3 heterocycles. The summed E-state index contributed by atoms with van der Waals surface area (Å²) in [5, 5.41) is 3.31. The van der Waals surface area contributed by atoms with Crippen LogP contribution in [0.5, 0.6) is 0 Å². The molecule has 0 spiro atoms. The van der Waals surface area contributed by atoms with Crippen LogP contribution >= 0.6 is 0 Å². The van der Waals surface area contributed by atoms with Crippen molar-refractivity contribution >= 4 is 17.1 Å². The van der Waals surface area contributed by atoms with E-state index < -0.39 is 0 Å². The van der Waals surface area contributed by atoms with E-state index in [-0.39, 0.29) is 11.9 Å². The Morgan fingerprint density at radius 2 is 1.96 bits per heavy atom. The zero-order valence-corrected chi connectivity index (χ0v) is 16.3. The zero-order valence-electron chi connectivity index (χ0n) is 16.3. The fourth-order valence-corrected chi connectivity index (χ4v) is 4.37. The van der Waals surface area contributed by atoms with Crippen LogP contribution < -0.4 is 5.32 Å². The fourth-order valence-electron chi connectivity index (χ4n) is 4.37. The van der Waals surface area contributed by atoms with Gasteiger partial charge in [-0.3, -0.25) is 4.79 Å². The lowest BCUT2D eigenvalue weighted by Gasteiger charge is -2.19. The van der Waals surface area contributed by atoms with Gasteiger partial charge < -0.3 is 9.88 Å². The lowest BCUT2D eigenvalue weighted by Crippen LogP contribution is -2.30. The van der Waals surface area contributed by atoms with Crippen molar-refractivity contribution in [2.75, 3.05) is 0 Å². The lowest BCUT2D eigenvalue weighted by atomic mass is 10.0. The summed E-state index contributed by atoms with van der Waals surface area (Å²) < 4.78 is 2.22. The summed E-state index contributed by atoms with van der Waals surface area (Å²) in [5.41, 5.74) is 4.32. The van der Waals surface area contributed by atoms with E-state index in [9.17, 15) is 4.79 Å². The number of carbonyl (C=O) groups excluding carboxylic acids is 1. The van der Waals surface area contributed by atoms with E-state index >= 15 is 0 Å². The van der Waals surface area contributed by atoms with Crippen LogP contribution in [0.25, 0.3) is 11.2 Å². The molecule has 1 fully saturated rings. The molecule has 0 saturated heterocycles. The first-order chi connectivity index (χ1) is 13.7. The van der Waals surface area contributed by atoms with E-state index in [1.165, 1.54) is 24.8 Å². The van der Waals surface area contributed by atoms with E-state index in [1.54, 1.807) is 0 Å².